The Hall–Kier alpha value is -1.55. The first-order chi connectivity index (χ1) is 11.2. The monoisotopic (exact) mass is 384 g/mol. The molecule has 2 aromatic carbocycles. The third kappa shape index (κ3) is 2.92. The Morgan fingerprint density at radius 1 is 1.08 bits per heavy atom. The number of thioether (sulfide) groups is 1. The van der Waals surface area contributed by atoms with Crippen LogP contribution in [0.5, 0.6) is 0 Å². The van der Waals surface area contributed by atoms with Crippen molar-refractivity contribution in [3.8, 4) is 0 Å². The molecule has 0 amide bonds. The topological polar surface area (TPSA) is 97.5 Å². The van der Waals surface area contributed by atoms with Crippen molar-refractivity contribution in [1.29, 1.82) is 0 Å². The van der Waals surface area contributed by atoms with E-state index in [4.69, 9.17) is 5.14 Å². The number of hydrogen-bond donors (Lipinski definition) is 1. The number of fused-ring (bicyclic) bond motifs is 1. The lowest BCUT2D eigenvalue weighted by molar-refractivity contribution is 0.590. The van der Waals surface area contributed by atoms with Crippen LogP contribution in [0, 0.1) is 0 Å². The van der Waals surface area contributed by atoms with Crippen LogP contribution in [0.15, 0.2) is 57.2 Å². The van der Waals surface area contributed by atoms with E-state index in [9.17, 15) is 16.8 Å². The van der Waals surface area contributed by atoms with Gasteiger partial charge in [0, 0.05) is 11.4 Å². The third-order valence-corrected chi connectivity index (χ3v) is 7.58. The minimum atomic E-state index is -3.81. The molecule has 6 nitrogen and oxygen atoms in total. The van der Waals surface area contributed by atoms with Gasteiger partial charge in [0.05, 0.1) is 10.6 Å². The Bertz CT molecular complexity index is 1000. The van der Waals surface area contributed by atoms with E-state index in [1.807, 2.05) is 6.26 Å². The van der Waals surface area contributed by atoms with Crippen molar-refractivity contribution in [2.75, 3.05) is 17.1 Å². The molecule has 0 radical (unpaired) electrons. The minimum Gasteiger partial charge on any atom is -0.266 e. The summed E-state index contributed by atoms with van der Waals surface area (Å²) in [6, 6.07) is 11.1. The van der Waals surface area contributed by atoms with Gasteiger partial charge < -0.3 is 0 Å². The Labute approximate surface area is 145 Å². The third-order valence-electron chi connectivity index (χ3n) is 3.87. The summed E-state index contributed by atoms with van der Waals surface area (Å²) in [7, 11) is -7.52. The van der Waals surface area contributed by atoms with Gasteiger partial charge >= 0.3 is 0 Å². The van der Waals surface area contributed by atoms with Gasteiger partial charge in [-0.05, 0) is 48.6 Å². The van der Waals surface area contributed by atoms with E-state index in [-0.39, 0.29) is 16.3 Å². The molecule has 0 fully saturated rings. The fourth-order valence-electron chi connectivity index (χ4n) is 2.73. The molecule has 0 spiro atoms. The van der Waals surface area contributed by atoms with Crippen LogP contribution in [0.3, 0.4) is 0 Å². The van der Waals surface area contributed by atoms with Crippen molar-refractivity contribution < 1.29 is 16.8 Å². The first-order valence-corrected chi connectivity index (χ1v) is 11.3. The molecule has 2 aromatic rings. The first-order valence-electron chi connectivity index (χ1n) is 7.06. The van der Waals surface area contributed by atoms with E-state index < -0.39 is 20.0 Å². The van der Waals surface area contributed by atoms with Gasteiger partial charge in [0.25, 0.3) is 10.0 Å². The summed E-state index contributed by atoms with van der Waals surface area (Å²) >= 11 is 1.37. The highest BCUT2D eigenvalue weighted by atomic mass is 32.2. The van der Waals surface area contributed by atoms with Gasteiger partial charge in [0.15, 0.2) is 0 Å². The van der Waals surface area contributed by atoms with Gasteiger partial charge in [-0.15, -0.1) is 11.8 Å². The van der Waals surface area contributed by atoms with Crippen molar-refractivity contribution in [3.63, 3.8) is 0 Å². The maximum absolute atomic E-state index is 13.0. The first kappa shape index (κ1) is 17.3. The number of nitrogens with two attached hydrogens (primary N) is 1. The second-order valence-electron chi connectivity index (χ2n) is 5.31. The largest absolute Gasteiger partial charge is 0.266 e. The average molecular weight is 385 g/mol. The van der Waals surface area contributed by atoms with Gasteiger partial charge in [-0.2, -0.15) is 0 Å². The van der Waals surface area contributed by atoms with Crippen molar-refractivity contribution in [1.82, 2.24) is 0 Å². The lowest BCUT2D eigenvalue weighted by atomic mass is 10.2. The van der Waals surface area contributed by atoms with Crippen LogP contribution in [0.4, 0.5) is 5.69 Å². The van der Waals surface area contributed by atoms with Crippen molar-refractivity contribution in [2.24, 2.45) is 5.14 Å². The molecule has 3 rings (SSSR count). The van der Waals surface area contributed by atoms with Crippen LogP contribution in [0.2, 0.25) is 0 Å². The SMILES string of the molecule is CSc1ccccc1S(=O)(=O)N1CCc2cc(S(N)(=O)=O)ccc21. The van der Waals surface area contributed by atoms with E-state index in [1.165, 1.54) is 34.3 Å². The van der Waals surface area contributed by atoms with Crippen molar-refractivity contribution >= 4 is 37.5 Å². The Kier molecular flexibility index (Phi) is 4.37. The summed E-state index contributed by atoms with van der Waals surface area (Å²) in [5.74, 6) is 0. The predicted molar refractivity (Wildman–Crippen MR) is 94.3 cm³/mol. The molecular formula is C15H16N2O4S3. The maximum atomic E-state index is 13.0. The molecule has 1 heterocycles. The summed E-state index contributed by atoms with van der Waals surface area (Å²) in [6.45, 7) is 0.272. The van der Waals surface area contributed by atoms with Crippen LogP contribution < -0.4 is 9.44 Å². The number of anilines is 1. The van der Waals surface area contributed by atoms with E-state index in [0.29, 0.717) is 22.6 Å². The highest BCUT2D eigenvalue weighted by Gasteiger charge is 2.32. The van der Waals surface area contributed by atoms with E-state index >= 15 is 0 Å². The second kappa shape index (κ2) is 6.07. The highest BCUT2D eigenvalue weighted by Crippen LogP contribution is 2.36. The number of nitrogens with zero attached hydrogens (tertiary/aromatic N) is 1. The fraction of sp³-hybridized carbons (Fsp3) is 0.200. The van der Waals surface area contributed by atoms with E-state index in [1.54, 1.807) is 24.3 Å². The lowest BCUT2D eigenvalue weighted by Gasteiger charge is -2.21. The number of hydrogen-bond acceptors (Lipinski definition) is 5. The zero-order valence-corrected chi connectivity index (χ0v) is 15.3. The summed E-state index contributed by atoms with van der Waals surface area (Å²) in [4.78, 5) is 0.915. The van der Waals surface area contributed by atoms with Gasteiger partial charge in [0.2, 0.25) is 10.0 Å². The predicted octanol–water partition coefficient (Wildman–Crippen LogP) is 1.81. The number of benzene rings is 2. The maximum Gasteiger partial charge on any atom is 0.265 e. The second-order valence-corrected chi connectivity index (χ2v) is 9.55. The molecule has 0 aliphatic carbocycles. The van der Waals surface area contributed by atoms with E-state index in [0.717, 1.165) is 0 Å². The normalized spacial score (nSPS) is 14.7. The summed E-state index contributed by atoms with van der Waals surface area (Å²) in [6.07, 6.45) is 2.27. The molecule has 2 N–H and O–H groups in total. The molecule has 0 saturated heterocycles. The summed E-state index contributed by atoms with van der Waals surface area (Å²) in [5, 5.41) is 5.14. The molecule has 1 aliphatic rings. The highest BCUT2D eigenvalue weighted by molar-refractivity contribution is 7.99. The zero-order valence-electron chi connectivity index (χ0n) is 12.8. The summed E-state index contributed by atoms with van der Waals surface area (Å²) in [5.41, 5.74) is 1.16. The van der Waals surface area contributed by atoms with Crippen LogP contribution in [0.1, 0.15) is 5.56 Å². The molecule has 1 aliphatic heterocycles. The molecule has 0 atom stereocenters. The van der Waals surface area contributed by atoms with Crippen LogP contribution in [0.25, 0.3) is 0 Å². The van der Waals surface area contributed by atoms with Gasteiger partial charge in [-0.25, -0.2) is 22.0 Å². The van der Waals surface area contributed by atoms with Gasteiger partial charge in [-0.1, -0.05) is 12.1 Å². The number of primary sulfonamides is 1. The fourth-order valence-corrected chi connectivity index (χ4v) is 5.92. The summed E-state index contributed by atoms with van der Waals surface area (Å²) < 4.78 is 50.3. The van der Waals surface area contributed by atoms with Crippen LogP contribution in [-0.4, -0.2) is 29.6 Å². The molecule has 9 heteroatoms. The van der Waals surface area contributed by atoms with Crippen LogP contribution >= 0.6 is 11.8 Å². The van der Waals surface area contributed by atoms with Gasteiger partial charge in [0.1, 0.15) is 4.90 Å². The molecule has 0 saturated carbocycles. The Morgan fingerprint density at radius 2 is 1.79 bits per heavy atom. The Morgan fingerprint density at radius 3 is 2.46 bits per heavy atom. The van der Waals surface area contributed by atoms with E-state index in [2.05, 4.69) is 0 Å². The van der Waals surface area contributed by atoms with Crippen LogP contribution in [-0.2, 0) is 26.5 Å². The van der Waals surface area contributed by atoms with Crippen molar-refractivity contribution in [3.05, 3.63) is 48.0 Å². The zero-order chi connectivity index (χ0) is 17.5. The van der Waals surface area contributed by atoms with Crippen molar-refractivity contribution in [2.45, 2.75) is 21.1 Å². The Balaban J connectivity index is 2.08. The average Bonchev–Trinajstić information content (AvgIpc) is 2.97. The standard InChI is InChI=1S/C15H16N2O4S3/c1-22-14-4-2-3-5-15(14)24(20,21)17-9-8-11-10-12(23(16,18)19)6-7-13(11)17/h2-7,10H,8-9H2,1H3,(H2,16,18,19). The lowest BCUT2D eigenvalue weighted by Crippen LogP contribution is -2.29. The number of rotatable bonds is 4. The molecule has 24 heavy (non-hydrogen) atoms. The smallest absolute Gasteiger partial charge is 0.265 e. The molecular weight excluding hydrogens is 368 g/mol. The molecule has 0 bridgehead atoms. The number of sulfonamides is 2. The quantitative estimate of drug-likeness (QED) is 0.811. The van der Waals surface area contributed by atoms with Gasteiger partial charge in [-0.3, -0.25) is 4.31 Å². The molecule has 128 valence electrons. The minimum absolute atomic E-state index is 0.00925. The molecule has 0 aromatic heterocycles. The molecule has 0 unspecified atom stereocenters.